The van der Waals surface area contributed by atoms with Crippen LogP contribution in [0.25, 0.3) is 0 Å². The first-order valence-corrected chi connectivity index (χ1v) is 8.89. The maximum absolute atomic E-state index is 4.31. The van der Waals surface area contributed by atoms with Gasteiger partial charge < -0.3 is 5.32 Å². The Labute approximate surface area is 129 Å². The van der Waals surface area contributed by atoms with Gasteiger partial charge in [-0.3, -0.25) is 0 Å². The first-order chi connectivity index (χ1) is 10.3. The lowest BCUT2D eigenvalue weighted by Crippen LogP contribution is -2.33. The fourth-order valence-electron chi connectivity index (χ4n) is 3.87. The molecule has 1 heterocycles. The molecule has 1 fully saturated rings. The zero-order valence-corrected chi connectivity index (χ0v) is 14.0. The van der Waals surface area contributed by atoms with Crippen molar-refractivity contribution in [3.05, 3.63) is 11.9 Å². The second-order valence-electron chi connectivity index (χ2n) is 6.52. The topological polar surface area (TPSA) is 42.7 Å². The van der Waals surface area contributed by atoms with Crippen molar-refractivity contribution in [2.24, 2.45) is 11.8 Å². The molecule has 1 aromatic rings. The van der Waals surface area contributed by atoms with Crippen molar-refractivity contribution in [3.63, 3.8) is 0 Å². The van der Waals surface area contributed by atoms with Crippen molar-refractivity contribution >= 4 is 0 Å². The molecule has 4 heteroatoms. The molecule has 1 aromatic heterocycles. The van der Waals surface area contributed by atoms with E-state index < -0.39 is 0 Å². The minimum absolute atomic E-state index is 0.635. The normalized spacial score (nSPS) is 26.1. The van der Waals surface area contributed by atoms with Gasteiger partial charge in [-0.25, -0.2) is 4.68 Å². The van der Waals surface area contributed by atoms with E-state index in [9.17, 15) is 0 Å². The quantitative estimate of drug-likeness (QED) is 0.796. The van der Waals surface area contributed by atoms with Gasteiger partial charge in [0.15, 0.2) is 0 Å². The molecule has 4 nitrogen and oxygen atoms in total. The highest BCUT2D eigenvalue weighted by Crippen LogP contribution is 2.41. The molecule has 1 aliphatic carbocycles. The van der Waals surface area contributed by atoms with Crippen molar-refractivity contribution < 1.29 is 0 Å². The number of nitrogens with zero attached hydrogens (tertiary/aromatic N) is 3. The average molecular weight is 292 g/mol. The summed E-state index contributed by atoms with van der Waals surface area (Å²) in [6.07, 6.45) is 9.89. The predicted octanol–water partition coefficient (Wildman–Crippen LogP) is 3.60. The van der Waals surface area contributed by atoms with Gasteiger partial charge in [0.05, 0.1) is 11.9 Å². The van der Waals surface area contributed by atoms with Crippen LogP contribution in [0.15, 0.2) is 6.20 Å². The molecule has 0 spiro atoms. The van der Waals surface area contributed by atoms with Crippen LogP contribution in [-0.4, -0.2) is 28.1 Å². The van der Waals surface area contributed by atoms with Crippen LogP contribution in [0.2, 0.25) is 0 Å². The molecule has 1 N–H and O–H groups in total. The Morgan fingerprint density at radius 3 is 2.81 bits per heavy atom. The van der Waals surface area contributed by atoms with E-state index in [1.165, 1.54) is 37.8 Å². The van der Waals surface area contributed by atoms with Crippen molar-refractivity contribution in [2.45, 2.75) is 71.8 Å². The Bertz CT molecular complexity index is 401. The molecule has 0 saturated heterocycles. The third kappa shape index (κ3) is 4.29. The SMILES string of the molecule is CCCC1CCC(CNCC)C(c2cnnn2CCC)C1. The maximum atomic E-state index is 4.31. The summed E-state index contributed by atoms with van der Waals surface area (Å²) < 4.78 is 2.15. The molecule has 0 aliphatic heterocycles. The molecule has 1 saturated carbocycles. The molecule has 1 aliphatic rings. The first kappa shape index (κ1) is 16.5. The Hall–Kier alpha value is -0.900. The Kier molecular flexibility index (Phi) is 6.68. The molecule has 2 rings (SSSR count). The van der Waals surface area contributed by atoms with Gasteiger partial charge in [0, 0.05) is 12.5 Å². The summed E-state index contributed by atoms with van der Waals surface area (Å²) >= 11 is 0. The molecule has 0 bridgehead atoms. The van der Waals surface area contributed by atoms with Gasteiger partial charge in [-0.1, -0.05) is 45.2 Å². The summed E-state index contributed by atoms with van der Waals surface area (Å²) in [7, 11) is 0. The van der Waals surface area contributed by atoms with E-state index in [0.29, 0.717) is 5.92 Å². The van der Waals surface area contributed by atoms with E-state index in [-0.39, 0.29) is 0 Å². The summed E-state index contributed by atoms with van der Waals surface area (Å²) in [5, 5.41) is 12.1. The summed E-state index contributed by atoms with van der Waals surface area (Å²) in [6, 6.07) is 0. The third-order valence-electron chi connectivity index (χ3n) is 4.92. The molecular formula is C17H32N4. The first-order valence-electron chi connectivity index (χ1n) is 8.89. The zero-order valence-electron chi connectivity index (χ0n) is 14.0. The van der Waals surface area contributed by atoms with Gasteiger partial charge in [-0.2, -0.15) is 0 Å². The van der Waals surface area contributed by atoms with Crippen LogP contribution >= 0.6 is 0 Å². The third-order valence-corrected chi connectivity index (χ3v) is 4.92. The largest absolute Gasteiger partial charge is 0.317 e. The highest BCUT2D eigenvalue weighted by molar-refractivity contribution is 5.08. The average Bonchev–Trinajstić information content (AvgIpc) is 2.95. The minimum atomic E-state index is 0.635. The molecule has 21 heavy (non-hydrogen) atoms. The number of nitrogens with one attached hydrogen (secondary N) is 1. The number of hydrogen-bond acceptors (Lipinski definition) is 3. The fraction of sp³-hybridized carbons (Fsp3) is 0.882. The molecular weight excluding hydrogens is 260 g/mol. The molecule has 3 atom stereocenters. The van der Waals surface area contributed by atoms with Crippen LogP contribution in [0.3, 0.4) is 0 Å². The number of aromatic nitrogens is 3. The Morgan fingerprint density at radius 1 is 1.24 bits per heavy atom. The van der Waals surface area contributed by atoms with E-state index in [4.69, 9.17) is 0 Å². The smallest absolute Gasteiger partial charge is 0.0728 e. The highest BCUT2D eigenvalue weighted by Gasteiger charge is 2.33. The van der Waals surface area contributed by atoms with Crippen LogP contribution in [0.1, 0.15) is 70.9 Å². The van der Waals surface area contributed by atoms with E-state index in [0.717, 1.165) is 37.9 Å². The predicted molar refractivity (Wildman–Crippen MR) is 87.3 cm³/mol. The van der Waals surface area contributed by atoms with E-state index in [1.807, 2.05) is 6.20 Å². The summed E-state index contributed by atoms with van der Waals surface area (Å²) in [5.41, 5.74) is 1.38. The second-order valence-corrected chi connectivity index (χ2v) is 6.52. The Morgan fingerprint density at radius 2 is 2.10 bits per heavy atom. The van der Waals surface area contributed by atoms with Gasteiger partial charge in [0.2, 0.25) is 0 Å². The van der Waals surface area contributed by atoms with Crippen LogP contribution in [0, 0.1) is 11.8 Å². The van der Waals surface area contributed by atoms with Gasteiger partial charge >= 0.3 is 0 Å². The molecule has 0 radical (unpaired) electrons. The standard InChI is InChI=1S/C17H32N4/c1-4-7-14-8-9-15(12-18-6-3)16(11-14)17-13-19-20-21(17)10-5-2/h13-16,18H,4-12H2,1-3H3. The molecule has 0 amide bonds. The minimum Gasteiger partial charge on any atom is -0.317 e. The lowest BCUT2D eigenvalue weighted by molar-refractivity contribution is 0.213. The van der Waals surface area contributed by atoms with Crippen molar-refractivity contribution in [2.75, 3.05) is 13.1 Å². The van der Waals surface area contributed by atoms with Crippen molar-refractivity contribution in [1.29, 1.82) is 0 Å². The zero-order chi connectivity index (χ0) is 15.1. The van der Waals surface area contributed by atoms with Gasteiger partial charge in [0.1, 0.15) is 0 Å². The number of hydrogen-bond donors (Lipinski definition) is 1. The van der Waals surface area contributed by atoms with Gasteiger partial charge in [0.25, 0.3) is 0 Å². The highest BCUT2D eigenvalue weighted by atomic mass is 15.4. The number of aryl methyl sites for hydroxylation is 1. The summed E-state index contributed by atoms with van der Waals surface area (Å²) in [4.78, 5) is 0. The summed E-state index contributed by atoms with van der Waals surface area (Å²) in [6.45, 7) is 9.91. The number of rotatable bonds is 8. The van der Waals surface area contributed by atoms with Crippen LogP contribution in [-0.2, 0) is 6.54 Å². The van der Waals surface area contributed by atoms with Crippen molar-refractivity contribution in [3.8, 4) is 0 Å². The van der Waals surface area contributed by atoms with Gasteiger partial charge in [-0.15, -0.1) is 5.10 Å². The maximum Gasteiger partial charge on any atom is 0.0728 e. The van der Waals surface area contributed by atoms with Gasteiger partial charge in [-0.05, 0) is 44.2 Å². The van der Waals surface area contributed by atoms with E-state index >= 15 is 0 Å². The van der Waals surface area contributed by atoms with E-state index in [1.54, 1.807) is 0 Å². The summed E-state index contributed by atoms with van der Waals surface area (Å²) in [5.74, 6) is 2.27. The monoisotopic (exact) mass is 292 g/mol. The van der Waals surface area contributed by atoms with Crippen LogP contribution in [0.5, 0.6) is 0 Å². The van der Waals surface area contributed by atoms with Crippen LogP contribution < -0.4 is 5.32 Å². The molecule has 120 valence electrons. The van der Waals surface area contributed by atoms with E-state index in [2.05, 4.69) is 41.1 Å². The van der Waals surface area contributed by atoms with Crippen molar-refractivity contribution in [1.82, 2.24) is 20.3 Å². The van der Waals surface area contributed by atoms with Crippen LogP contribution in [0.4, 0.5) is 0 Å². The fourth-order valence-corrected chi connectivity index (χ4v) is 3.87. The lowest BCUT2D eigenvalue weighted by Gasteiger charge is -2.36. The molecule has 3 unspecified atom stereocenters. The lowest BCUT2D eigenvalue weighted by atomic mass is 9.71. The molecule has 0 aromatic carbocycles. The Balaban J connectivity index is 2.13. The second kappa shape index (κ2) is 8.52.